The van der Waals surface area contributed by atoms with Gasteiger partial charge in [-0.05, 0) is 18.6 Å². The van der Waals surface area contributed by atoms with Gasteiger partial charge in [0.1, 0.15) is 5.75 Å². The number of alkyl halides is 1. The molecule has 0 aliphatic heterocycles. The minimum Gasteiger partial charge on any atom is -0.492 e. The van der Waals surface area contributed by atoms with Crippen molar-refractivity contribution in [3.63, 3.8) is 0 Å². The lowest BCUT2D eigenvalue weighted by atomic mass is 10.3. The van der Waals surface area contributed by atoms with E-state index in [0.29, 0.717) is 5.88 Å². The maximum absolute atomic E-state index is 5.62. The van der Waals surface area contributed by atoms with Crippen molar-refractivity contribution in [1.29, 1.82) is 0 Å². The fourth-order valence-electron chi connectivity index (χ4n) is 1.12. The molecule has 1 rings (SSSR count). The van der Waals surface area contributed by atoms with Crippen LogP contribution in [-0.4, -0.2) is 11.6 Å². The van der Waals surface area contributed by atoms with Crippen LogP contribution in [0, 0.1) is 0 Å². The van der Waals surface area contributed by atoms with E-state index < -0.39 is 0 Å². The van der Waals surface area contributed by atoms with Gasteiger partial charge in [-0.3, -0.25) is 4.98 Å². The molecule has 1 aromatic heterocycles. The normalized spacial score (nSPS) is 10.1. The van der Waals surface area contributed by atoms with Gasteiger partial charge >= 0.3 is 0 Å². The highest BCUT2D eigenvalue weighted by Crippen LogP contribution is 2.10. The molecule has 2 nitrogen and oxygen atoms in total. The van der Waals surface area contributed by atoms with Crippen molar-refractivity contribution < 1.29 is 4.74 Å². The smallest absolute Gasteiger partial charge is 0.137 e. The summed E-state index contributed by atoms with van der Waals surface area (Å²) >= 11 is 5.62. The number of hydrogen-bond acceptors (Lipinski definition) is 2. The summed E-state index contributed by atoms with van der Waals surface area (Å²) in [5, 5.41) is 0. The zero-order valence-electron chi connectivity index (χ0n) is 8.50. The van der Waals surface area contributed by atoms with Crippen LogP contribution < -0.4 is 4.74 Å². The number of ether oxygens (including phenoxy) is 1. The summed E-state index contributed by atoms with van der Waals surface area (Å²) in [7, 11) is 0. The third-order valence-corrected chi connectivity index (χ3v) is 2.22. The van der Waals surface area contributed by atoms with Crippen LogP contribution in [0.4, 0.5) is 0 Å². The molecule has 0 spiro atoms. The molecule has 1 heterocycles. The van der Waals surface area contributed by atoms with Gasteiger partial charge in [0, 0.05) is 0 Å². The molecular weight excluding hydrogens is 198 g/mol. The molecule has 1 aromatic rings. The Balaban J connectivity index is 2.29. The first-order valence-electron chi connectivity index (χ1n) is 5.00. The highest BCUT2D eigenvalue weighted by atomic mass is 35.5. The Labute approximate surface area is 90.3 Å². The summed E-state index contributed by atoms with van der Waals surface area (Å²) in [6.45, 7) is 2.95. The van der Waals surface area contributed by atoms with E-state index in [0.717, 1.165) is 24.5 Å². The molecule has 0 atom stereocenters. The highest BCUT2D eigenvalue weighted by molar-refractivity contribution is 6.16. The number of pyridine rings is 1. The lowest BCUT2D eigenvalue weighted by molar-refractivity contribution is 0.305. The van der Waals surface area contributed by atoms with Gasteiger partial charge in [-0.2, -0.15) is 0 Å². The maximum atomic E-state index is 5.62. The Hall–Kier alpha value is -0.760. The summed E-state index contributed by atoms with van der Waals surface area (Å²) in [4.78, 5) is 4.14. The van der Waals surface area contributed by atoms with E-state index >= 15 is 0 Å². The molecule has 0 aliphatic rings. The summed E-state index contributed by atoms with van der Waals surface area (Å²) in [6, 6.07) is 3.80. The summed E-state index contributed by atoms with van der Waals surface area (Å²) < 4.78 is 5.50. The van der Waals surface area contributed by atoms with Crippen LogP contribution in [0.5, 0.6) is 5.75 Å². The molecule has 0 saturated carbocycles. The lowest BCUT2D eigenvalue weighted by Gasteiger charge is -2.05. The average molecular weight is 214 g/mol. The monoisotopic (exact) mass is 213 g/mol. The Morgan fingerprint density at radius 2 is 2.21 bits per heavy atom. The van der Waals surface area contributed by atoms with Gasteiger partial charge in [0.15, 0.2) is 0 Å². The quantitative estimate of drug-likeness (QED) is 0.534. The predicted octanol–water partition coefficient (Wildman–Crippen LogP) is 3.39. The van der Waals surface area contributed by atoms with Gasteiger partial charge in [-0.25, -0.2) is 0 Å². The second kappa shape index (κ2) is 6.66. The van der Waals surface area contributed by atoms with Gasteiger partial charge in [-0.1, -0.05) is 19.8 Å². The van der Waals surface area contributed by atoms with Crippen LogP contribution in [0.25, 0.3) is 0 Å². The Bertz CT molecular complexity index is 248. The van der Waals surface area contributed by atoms with Crippen LogP contribution in [0.3, 0.4) is 0 Å². The van der Waals surface area contributed by atoms with Crippen LogP contribution in [-0.2, 0) is 5.88 Å². The third kappa shape index (κ3) is 3.97. The van der Waals surface area contributed by atoms with Crippen molar-refractivity contribution in [3.05, 3.63) is 24.0 Å². The van der Waals surface area contributed by atoms with Crippen molar-refractivity contribution in [2.75, 3.05) is 6.61 Å². The average Bonchev–Trinajstić information content (AvgIpc) is 2.25. The number of unbranched alkanes of at least 4 members (excludes halogenated alkanes) is 2. The van der Waals surface area contributed by atoms with Gasteiger partial charge < -0.3 is 4.74 Å². The molecular formula is C11H16ClNO. The first-order chi connectivity index (χ1) is 6.86. The van der Waals surface area contributed by atoms with E-state index in [4.69, 9.17) is 16.3 Å². The second-order valence-corrected chi connectivity index (χ2v) is 3.44. The zero-order valence-corrected chi connectivity index (χ0v) is 9.26. The minimum absolute atomic E-state index is 0.454. The van der Waals surface area contributed by atoms with E-state index in [2.05, 4.69) is 11.9 Å². The Morgan fingerprint density at radius 3 is 2.79 bits per heavy atom. The number of hydrogen-bond donors (Lipinski definition) is 0. The highest BCUT2D eigenvalue weighted by Gasteiger charge is 1.95. The number of nitrogens with zero attached hydrogens (tertiary/aromatic N) is 1. The van der Waals surface area contributed by atoms with Gasteiger partial charge in [0.05, 0.1) is 24.4 Å². The van der Waals surface area contributed by atoms with Crippen molar-refractivity contribution in [3.8, 4) is 5.75 Å². The number of halogens is 1. The molecule has 0 bridgehead atoms. The predicted molar refractivity (Wildman–Crippen MR) is 58.8 cm³/mol. The topological polar surface area (TPSA) is 22.1 Å². The largest absolute Gasteiger partial charge is 0.492 e. The fraction of sp³-hybridized carbons (Fsp3) is 0.545. The molecule has 14 heavy (non-hydrogen) atoms. The first-order valence-corrected chi connectivity index (χ1v) is 5.54. The van der Waals surface area contributed by atoms with Gasteiger partial charge in [-0.15, -0.1) is 11.6 Å². The van der Waals surface area contributed by atoms with E-state index in [1.54, 1.807) is 6.20 Å². The van der Waals surface area contributed by atoms with Crippen molar-refractivity contribution >= 4 is 11.6 Å². The van der Waals surface area contributed by atoms with E-state index in [9.17, 15) is 0 Å². The molecule has 0 aliphatic carbocycles. The van der Waals surface area contributed by atoms with E-state index in [1.165, 1.54) is 12.8 Å². The lowest BCUT2D eigenvalue weighted by Crippen LogP contribution is -1.97. The Morgan fingerprint density at radius 1 is 1.36 bits per heavy atom. The van der Waals surface area contributed by atoms with Crippen molar-refractivity contribution in [1.82, 2.24) is 4.98 Å². The van der Waals surface area contributed by atoms with Crippen LogP contribution in [0.2, 0.25) is 0 Å². The van der Waals surface area contributed by atoms with Crippen LogP contribution >= 0.6 is 11.6 Å². The van der Waals surface area contributed by atoms with Crippen LogP contribution in [0.15, 0.2) is 18.3 Å². The number of aromatic nitrogens is 1. The maximum Gasteiger partial charge on any atom is 0.137 e. The molecule has 78 valence electrons. The molecule has 0 N–H and O–H groups in total. The second-order valence-electron chi connectivity index (χ2n) is 3.17. The van der Waals surface area contributed by atoms with E-state index in [1.807, 2.05) is 12.1 Å². The van der Waals surface area contributed by atoms with Gasteiger partial charge in [0.25, 0.3) is 0 Å². The van der Waals surface area contributed by atoms with Gasteiger partial charge in [0.2, 0.25) is 0 Å². The standard InChI is InChI=1S/C11H16ClNO/c1-2-3-4-7-14-11-6-5-10(8-12)13-9-11/h5-6,9H,2-4,7-8H2,1H3. The minimum atomic E-state index is 0.454. The summed E-state index contributed by atoms with van der Waals surface area (Å²) in [5.74, 6) is 1.28. The molecule has 3 heteroatoms. The SMILES string of the molecule is CCCCCOc1ccc(CCl)nc1. The van der Waals surface area contributed by atoms with Crippen LogP contribution in [0.1, 0.15) is 31.9 Å². The van der Waals surface area contributed by atoms with Crippen molar-refractivity contribution in [2.24, 2.45) is 0 Å². The zero-order chi connectivity index (χ0) is 10.2. The first kappa shape index (κ1) is 11.3. The summed E-state index contributed by atoms with van der Waals surface area (Å²) in [6.07, 6.45) is 5.26. The molecule has 0 unspecified atom stereocenters. The molecule has 0 fully saturated rings. The summed E-state index contributed by atoms with van der Waals surface area (Å²) in [5.41, 5.74) is 0.882. The van der Waals surface area contributed by atoms with E-state index in [-0.39, 0.29) is 0 Å². The fourth-order valence-corrected chi connectivity index (χ4v) is 1.28. The molecule has 0 amide bonds. The Kier molecular flexibility index (Phi) is 5.38. The molecule has 0 radical (unpaired) electrons. The molecule has 0 saturated heterocycles. The van der Waals surface area contributed by atoms with Crippen molar-refractivity contribution in [2.45, 2.75) is 32.1 Å². The third-order valence-electron chi connectivity index (χ3n) is 1.95. The number of rotatable bonds is 6. The molecule has 0 aromatic carbocycles.